The number of benzene rings is 1. The molecule has 0 amide bonds. The van der Waals surface area contributed by atoms with E-state index in [9.17, 15) is 15.3 Å². The monoisotopic (exact) mass is 256 g/mol. The molecule has 1 fully saturated rings. The second-order valence-electron chi connectivity index (χ2n) is 4.29. The van der Waals surface area contributed by atoms with Gasteiger partial charge in [-0.05, 0) is 31.2 Å². The Hall–Kier alpha value is -1.34. The number of ether oxygens (including phenoxy) is 2. The summed E-state index contributed by atoms with van der Waals surface area (Å²) in [6, 6.07) is 5.87. The lowest BCUT2D eigenvalue weighted by Gasteiger charge is -2.38. The zero-order valence-electron chi connectivity index (χ0n) is 9.80. The number of hydrogen-bond donors (Lipinski definition) is 4. The lowest BCUT2D eigenvalue weighted by molar-refractivity contribution is -0.268. The Bertz CT molecular complexity index is 392. The molecular weight excluding hydrogens is 240 g/mol. The van der Waals surface area contributed by atoms with Crippen molar-refractivity contribution in [2.75, 3.05) is 0 Å². The summed E-state index contributed by atoms with van der Waals surface area (Å²) in [7, 11) is 0. The van der Waals surface area contributed by atoms with Gasteiger partial charge < -0.3 is 29.9 Å². The van der Waals surface area contributed by atoms with Crippen molar-refractivity contribution < 1.29 is 29.9 Å². The minimum absolute atomic E-state index is 0.0938. The van der Waals surface area contributed by atoms with Crippen LogP contribution in [0.25, 0.3) is 0 Å². The lowest BCUT2D eigenvalue weighted by Crippen LogP contribution is -2.58. The highest BCUT2D eigenvalue weighted by molar-refractivity contribution is 5.30. The Balaban J connectivity index is 2.06. The van der Waals surface area contributed by atoms with Crippen LogP contribution in [0, 0.1) is 0 Å². The Morgan fingerprint density at radius 3 is 2.22 bits per heavy atom. The molecule has 0 aliphatic carbocycles. The Morgan fingerprint density at radius 2 is 1.61 bits per heavy atom. The van der Waals surface area contributed by atoms with E-state index in [4.69, 9.17) is 14.6 Å². The van der Waals surface area contributed by atoms with Crippen LogP contribution < -0.4 is 4.74 Å². The number of hydrogen-bond acceptors (Lipinski definition) is 6. The Morgan fingerprint density at radius 1 is 1.00 bits per heavy atom. The first-order valence-corrected chi connectivity index (χ1v) is 5.64. The van der Waals surface area contributed by atoms with Gasteiger partial charge in [0.2, 0.25) is 6.29 Å². The quantitative estimate of drug-likeness (QED) is 0.574. The minimum Gasteiger partial charge on any atom is -0.508 e. The van der Waals surface area contributed by atoms with E-state index >= 15 is 0 Å². The molecule has 100 valence electrons. The third-order valence-corrected chi connectivity index (χ3v) is 2.90. The number of aliphatic hydroxyl groups is 3. The van der Waals surface area contributed by atoms with Crippen molar-refractivity contribution in [1.82, 2.24) is 0 Å². The molecule has 1 aromatic rings. The standard InChI is InChI=1S/C12H16O6/c1-6-9(14)10(15)11(16)12(17-6)18-8-4-2-7(13)3-5-8/h2-6,9-16H,1H3/t6-,9+,10+,11-,12+/m1/s1. The normalized spacial score (nSPS) is 36.3. The molecule has 6 heteroatoms. The van der Waals surface area contributed by atoms with Crippen molar-refractivity contribution in [2.24, 2.45) is 0 Å². The number of phenolic OH excluding ortho intramolecular Hbond substituents is 1. The van der Waals surface area contributed by atoms with Gasteiger partial charge in [-0.15, -0.1) is 0 Å². The van der Waals surface area contributed by atoms with Crippen LogP contribution in [-0.2, 0) is 4.74 Å². The fourth-order valence-corrected chi connectivity index (χ4v) is 1.77. The van der Waals surface area contributed by atoms with E-state index in [0.717, 1.165) is 0 Å². The first-order valence-electron chi connectivity index (χ1n) is 5.64. The highest BCUT2D eigenvalue weighted by atomic mass is 16.7. The van der Waals surface area contributed by atoms with Gasteiger partial charge in [0, 0.05) is 0 Å². The summed E-state index contributed by atoms with van der Waals surface area (Å²) in [5, 5.41) is 38.0. The average Bonchev–Trinajstić information content (AvgIpc) is 2.36. The number of aliphatic hydroxyl groups excluding tert-OH is 3. The highest BCUT2D eigenvalue weighted by Gasteiger charge is 2.43. The zero-order chi connectivity index (χ0) is 13.3. The fourth-order valence-electron chi connectivity index (χ4n) is 1.77. The largest absolute Gasteiger partial charge is 0.508 e. The smallest absolute Gasteiger partial charge is 0.229 e. The minimum atomic E-state index is -1.34. The van der Waals surface area contributed by atoms with Gasteiger partial charge in [-0.1, -0.05) is 0 Å². The molecule has 1 aromatic carbocycles. The van der Waals surface area contributed by atoms with E-state index in [-0.39, 0.29) is 5.75 Å². The van der Waals surface area contributed by atoms with E-state index in [1.165, 1.54) is 24.3 Å². The van der Waals surface area contributed by atoms with Crippen LogP contribution in [0.1, 0.15) is 6.92 Å². The second-order valence-corrected chi connectivity index (χ2v) is 4.29. The van der Waals surface area contributed by atoms with Crippen LogP contribution >= 0.6 is 0 Å². The molecule has 1 aliphatic rings. The summed E-state index contributed by atoms with van der Waals surface area (Å²) in [5.74, 6) is 0.476. The first-order chi connectivity index (χ1) is 8.49. The summed E-state index contributed by atoms with van der Waals surface area (Å²) >= 11 is 0. The lowest BCUT2D eigenvalue weighted by atomic mass is 10.00. The molecule has 0 aromatic heterocycles. The van der Waals surface area contributed by atoms with E-state index in [0.29, 0.717) is 5.75 Å². The van der Waals surface area contributed by atoms with Crippen LogP contribution in [0.3, 0.4) is 0 Å². The van der Waals surface area contributed by atoms with Crippen molar-refractivity contribution in [3.8, 4) is 11.5 Å². The van der Waals surface area contributed by atoms with E-state index in [1.807, 2.05) is 0 Å². The topological polar surface area (TPSA) is 99.4 Å². The molecule has 0 bridgehead atoms. The maximum atomic E-state index is 9.73. The summed E-state index contributed by atoms with van der Waals surface area (Å²) in [5.41, 5.74) is 0. The highest BCUT2D eigenvalue weighted by Crippen LogP contribution is 2.25. The van der Waals surface area contributed by atoms with Crippen LogP contribution in [0.5, 0.6) is 11.5 Å². The maximum Gasteiger partial charge on any atom is 0.229 e. The molecule has 0 spiro atoms. The van der Waals surface area contributed by atoms with Gasteiger partial charge in [-0.2, -0.15) is 0 Å². The molecule has 1 heterocycles. The van der Waals surface area contributed by atoms with Gasteiger partial charge in [-0.25, -0.2) is 0 Å². The summed E-state index contributed by atoms with van der Waals surface area (Å²) in [4.78, 5) is 0. The SMILES string of the molecule is C[C@H]1O[C@@H](Oc2ccc(O)cc2)[C@H](O)[C@@H](O)[C@H]1O. The second kappa shape index (κ2) is 5.11. The third-order valence-electron chi connectivity index (χ3n) is 2.90. The molecular formula is C12H16O6. The molecule has 4 N–H and O–H groups in total. The Kier molecular flexibility index (Phi) is 3.72. The third kappa shape index (κ3) is 2.56. The van der Waals surface area contributed by atoms with Gasteiger partial charge in [0.1, 0.15) is 29.8 Å². The fraction of sp³-hybridized carbons (Fsp3) is 0.500. The van der Waals surface area contributed by atoms with Gasteiger partial charge in [0.15, 0.2) is 0 Å². The van der Waals surface area contributed by atoms with Crippen LogP contribution in [0.15, 0.2) is 24.3 Å². The van der Waals surface area contributed by atoms with Crippen molar-refractivity contribution >= 4 is 0 Å². The predicted molar refractivity (Wildman–Crippen MR) is 61.1 cm³/mol. The summed E-state index contributed by atoms with van der Waals surface area (Å²) in [6.07, 6.45) is -5.53. The van der Waals surface area contributed by atoms with Crippen LogP contribution in [0.4, 0.5) is 0 Å². The molecule has 0 radical (unpaired) electrons. The maximum absolute atomic E-state index is 9.73. The first kappa shape index (κ1) is 13.1. The van der Waals surface area contributed by atoms with Crippen molar-refractivity contribution in [1.29, 1.82) is 0 Å². The molecule has 0 unspecified atom stereocenters. The predicted octanol–water partition coefficient (Wildman–Crippen LogP) is -0.402. The number of rotatable bonds is 2. The van der Waals surface area contributed by atoms with Crippen LogP contribution in [-0.4, -0.2) is 51.1 Å². The van der Waals surface area contributed by atoms with Crippen molar-refractivity contribution in [2.45, 2.75) is 37.6 Å². The Labute approximate surface area is 104 Å². The molecule has 2 rings (SSSR count). The zero-order valence-corrected chi connectivity index (χ0v) is 9.80. The number of phenols is 1. The molecule has 1 aliphatic heterocycles. The van der Waals surface area contributed by atoms with Gasteiger partial charge in [-0.3, -0.25) is 0 Å². The average molecular weight is 256 g/mol. The summed E-state index contributed by atoms with van der Waals surface area (Å²) in [6.45, 7) is 1.58. The molecule has 1 saturated heterocycles. The molecule has 18 heavy (non-hydrogen) atoms. The van der Waals surface area contributed by atoms with Crippen molar-refractivity contribution in [3.05, 3.63) is 24.3 Å². The van der Waals surface area contributed by atoms with Gasteiger partial charge in [0.05, 0.1) is 6.10 Å². The molecule has 6 nitrogen and oxygen atoms in total. The van der Waals surface area contributed by atoms with Gasteiger partial charge in [0.25, 0.3) is 0 Å². The van der Waals surface area contributed by atoms with E-state index in [2.05, 4.69) is 0 Å². The molecule has 5 atom stereocenters. The van der Waals surface area contributed by atoms with E-state index in [1.54, 1.807) is 6.92 Å². The van der Waals surface area contributed by atoms with Crippen molar-refractivity contribution in [3.63, 3.8) is 0 Å². The van der Waals surface area contributed by atoms with Crippen LogP contribution in [0.2, 0.25) is 0 Å². The summed E-state index contributed by atoms with van der Waals surface area (Å²) < 4.78 is 10.6. The molecule has 0 saturated carbocycles. The van der Waals surface area contributed by atoms with Gasteiger partial charge >= 0.3 is 0 Å². The number of aromatic hydroxyl groups is 1. The van der Waals surface area contributed by atoms with E-state index < -0.39 is 30.7 Å².